The van der Waals surface area contributed by atoms with E-state index in [9.17, 15) is 17.6 Å². The Bertz CT molecular complexity index is 914. The molecule has 1 saturated heterocycles. The third-order valence-corrected chi connectivity index (χ3v) is 8.34. The highest BCUT2D eigenvalue weighted by Crippen LogP contribution is 2.32. The summed E-state index contributed by atoms with van der Waals surface area (Å²) >= 11 is 0. The number of nitrogens with zero attached hydrogens (tertiary/aromatic N) is 1. The number of nitrogens with one attached hydrogen (secondary N) is 2. The fraction of sp³-hybridized carbons (Fsp3) is 0.696. The van der Waals surface area contributed by atoms with E-state index in [1.165, 1.54) is 6.07 Å². The molecule has 1 aliphatic heterocycles. The second-order valence-electron chi connectivity index (χ2n) is 9.62. The van der Waals surface area contributed by atoms with Gasteiger partial charge in [-0.25, -0.2) is 17.5 Å². The summed E-state index contributed by atoms with van der Waals surface area (Å²) in [5, 5.41) is 2.24. The molecule has 32 heavy (non-hydrogen) atoms. The van der Waals surface area contributed by atoms with Crippen LogP contribution in [-0.4, -0.2) is 50.9 Å². The van der Waals surface area contributed by atoms with E-state index in [-0.39, 0.29) is 41.7 Å². The van der Waals surface area contributed by atoms with Gasteiger partial charge >= 0.3 is 0 Å². The van der Waals surface area contributed by atoms with E-state index in [1.807, 2.05) is 26.8 Å². The van der Waals surface area contributed by atoms with Crippen LogP contribution in [0.15, 0.2) is 18.2 Å². The summed E-state index contributed by atoms with van der Waals surface area (Å²) in [5.41, 5.74) is 0.942. The fourth-order valence-electron chi connectivity index (χ4n) is 4.58. The maximum absolute atomic E-state index is 14.8. The summed E-state index contributed by atoms with van der Waals surface area (Å²) in [6.07, 6.45) is 1.84. The zero-order chi connectivity index (χ0) is 23.6. The maximum atomic E-state index is 14.8. The van der Waals surface area contributed by atoms with Gasteiger partial charge in [0.05, 0.1) is 23.1 Å². The molecule has 0 radical (unpaired) electrons. The number of carbonyl (C=O) groups is 1. The normalized spacial score (nSPS) is 29.2. The minimum absolute atomic E-state index is 0.0190. The number of sulfonamides is 1. The zero-order valence-corrected chi connectivity index (χ0v) is 20.4. The third kappa shape index (κ3) is 5.99. The number of halogens is 1. The molecule has 2 unspecified atom stereocenters. The first kappa shape index (κ1) is 24.9. The Morgan fingerprint density at radius 1 is 1.16 bits per heavy atom. The number of rotatable bonds is 6. The van der Waals surface area contributed by atoms with Gasteiger partial charge < -0.3 is 15.0 Å². The molecule has 0 aromatic heterocycles. The number of hydrogen-bond acceptors (Lipinski definition) is 5. The lowest BCUT2D eigenvalue weighted by molar-refractivity contribution is -0.121. The molecule has 2 fully saturated rings. The fourth-order valence-corrected chi connectivity index (χ4v) is 5.63. The van der Waals surface area contributed by atoms with Crippen LogP contribution in [0.25, 0.3) is 0 Å². The van der Waals surface area contributed by atoms with Gasteiger partial charge in [-0.2, -0.15) is 0 Å². The number of carbonyl (C=O) groups excluding carboxylic acids is 1. The number of benzene rings is 1. The summed E-state index contributed by atoms with van der Waals surface area (Å²) in [7, 11) is -3.36. The Morgan fingerprint density at radius 2 is 1.81 bits per heavy atom. The van der Waals surface area contributed by atoms with Crippen molar-refractivity contribution in [2.45, 2.75) is 77.4 Å². The minimum Gasteiger partial charge on any atom is -0.372 e. The van der Waals surface area contributed by atoms with E-state index in [0.29, 0.717) is 32.4 Å². The quantitative estimate of drug-likeness (QED) is 0.666. The minimum atomic E-state index is -3.36. The van der Waals surface area contributed by atoms with E-state index < -0.39 is 21.1 Å². The summed E-state index contributed by atoms with van der Waals surface area (Å²) in [4.78, 5) is 14.9. The Balaban J connectivity index is 1.59. The van der Waals surface area contributed by atoms with Crippen LogP contribution in [0.2, 0.25) is 0 Å². The van der Waals surface area contributed by atoms with Gasteiger partial charge in [-0.3, -0.25) is 4.79 Å². The number of anilines is 2. The Labute approximate surface area is 191 Å². The third-order valence-electron chi connectivity index (χ3n) is 6.47. The molecule has 9 heteroatoms. The monoisotopic (exact) mass is 469 g/mol. The Hall–Kier alpha value is -1.71. The predicted molar refractivity (Wildman–Crippen MR) is 125 cm³/mol. The first-order valence-electron chi connectivity index (χ1n) is 11.5. The van der Waals surface area contributed by atoms with Gasteiger partial charge in [0.2, 0.25) is 15.9 Å². The van der Waals surface area contributed by atoms with Crippen LogP contribution in [0, 0.1) is 17.7 Å². The molecule has 180 valence electrons. The summed E-state index contributed by atoms with van der Waals surface area (Å²) < 4.78 is 47.6. The number of morpholine rings is 1. The largest absolute Gasteiger partial charge is 0.372 e. The van der Waals surface area contributed by atoms with Gasteiger partial charge in [0, 0.05) is 30.7 Å². The molecule has 2 aliphatic rings. The highest BCUT2D eigenvalue weighted by atomic mass is 32.2. The lowest BCUT2D eigenvalue weighted by Crippen LogP contribution is -2.46. The Kier molecular flexibility index (Phi) is 7.83. The molecule has 1 amide bonds. The molecule has 1 aromatic carbocycles. The lowest BCUT2D eigenvalue weighted by Gasteiger charge is -2.37. The van der Waals surface area contributed by atoms with Crippen molar-refractivity contribution in [2.24, 2.45) is 11.8 Å². The zero-order valence-electron chi connectivity index (χ0n) is 19.6. The molecular weight excluding hydrogens is 433 g/mol. The standard InChI is InChI=1S/C23H36FN3O4S/c1-14(2)32(29,30)26-21-8-6-18(10-15(21)3)23(28)25-22-9-7-19(11-20(22)24)27-12-16(4)31-17(5)13-27/h7,9,11,14-18,21,26H,6,8,10,12-13H2,1-5H3,(H,25,28)/t15?,16-,17+,18?,21-/m1/s1. The maximum Gasteiger partial charge on any atom is 0.227 e. The van der Waals surface area contributed by atoms with Crippen molar-refractivity contribution in [2.75, 3.05) is 23.3 Å². The first-order valence-corrected chi connectivity index (χ1v) is 13.0. The summed E-state index contributed by atoms with van der Waals surface area (Å²) in [6.45, 7) is 10.6. The molecule has 1 heterocycles. The first-order chi connectivity index (χ1) is 15.0. The van der Waals surface area contributed by atoms with Crippen LogP contribution < -0.4 is 14.9 Å². The van der Waals surface area contributed by atoms with E-state index >= 15 is 0 Å². The van der Waals surface area contributed by atoms with Gasteiger partial charge in [-0.1, -0.05) is 6.92 Å². The van der Waals surface area contributed by atoms with Crippen LogP contribution in [0.5, 0.6) is 0 Å². The van der Waals surface area contributed by atoms with Crippen molar-refractivity contribution in [3.8, 4) is 0 Å². The van der Waals surface area contributed by atoms with Crippen LogP contribution in [0.4, 0.5) is 15.8 Å². The average Bonchev–Trinajstić information content (AvgIpc) is 2.70. The molecule has 2 N–H and O–H groups in total. The van der Waals surface area contributed by atoms with E-state index in [0.717, 1.165) is 5.69 Å². The van der Waals surface area contributed by atoms with Crippen LogP contribution in [0.3, 0.4) is 0 Å². The molecule has 0 bridgehead atoms. The SMILES string of the molecule is CC1CC(C(=O)Nc2ccc(N3C[C@@H](C)O[C@@H](C)C3)cc2F)CC[C@H]1NS(=O)(=O)C(C)C. The van der Waals surface area contributed by atoms with Crippen molar-refractivity contribution in [3.05, 3.63) is 24.0 Å². The smallest absolute Gasteiger partial charge is 0.227 e. The van der Waals surface area contributed by atoms with Crippen LogP contribution in [-0.2, 0) is 19.6 Å². The lowest BCUT2D eigenvalue weighted by atomic mass is 9.79. The molecule has 1 aliphatic carbocycles. The average molecular weight is 470 g/mol. The molecule has 0 spiro atoms. The predicted octanol–water partition coefficient (Wildman–Crippen LogP) is 3.51. The molecule has 5 atom stereocenters. The van der Waals surface area contributed by atoms with E-state index in [4.69, 9.17) is 4.74 Å². The van der Waals surface area contributed by atoms with Gasteiger partial charge in [-0.05, 0) is 71.1 Å². The van der Waals surface area contributed by atoms with Crippen molar-refractivity contribution in [1.29, 1.82) is 0 Å². The van der Waals surface area contributed by atoms with Crippen molar-refractivity contribution in [3.63, 3.8) is 0 Å². The van der Waals surface area contributed by atoms with E-state index in [1.54, 1.807) is 19.9 Å². The van der Waals surface area contributed by atoms with E-state index in [2.05, 4.69) is 14.9 Å². The molecular formula is C23H36FN3O4S. The number of amides is 1. The second-order valence-corrected chi connectivity index (χ2v) is 11.9. The highest BCUT2D eigenvalue weighted by molar-refractivity contribution is 7.90. The second kappa shape index (κ2) is 10.1. The van der Waals surface area contributed by atoms with Gasteiger partial charge in [0.1, 0.15) is 5.82 Å². The van der Waals surface area contributed by atoms with Crippen LogP contribution >= 0.6 is 0 Å². The molecule has 1 aromatic rings. The van der Waals surface area contributed by atoms with Crippen molar-refractivity contribution in [1.82, 2.24) is 4.72 Å². The van der Waals surface area contributed by atoms with Gasteiger partial charge in [0.15, 0.2) is 0 Å². The summed E-state index contributed by atoms with van der Waals surface area (Å²) in [5.74, 6) is -0.938. The van der Waals surface area contributed by atoms with Crippen molar-refractivity contribution >= 4 is 27.3 Å². The molecule has 7 nitrogen and oxygen atoms in total. The number of ether oxygens (including phenoxy) is 1. The molecule has 3 rings (SSSR count). The summed E-state index contributed by atoms with van der Waals surface area (Å²) in [6, 6.07) is 4.71. The van der Waals surface area contributed by atoms with Gasteiger partial charge in [-0.15, -0.1) is 0 Å². The number of hydrogen-bond donors (Lipinski definition) is 2. The molecule has 1 saturated carbocycles. The van der Waals surface area contributed by atoms with Gasteiger partial charge in [0.25, 0.3) is 0 Å². The van der Waals surface area contributed by atoms with Crippen LogP contribution in [0.1, 0.15) is 53.9 Å². The highest BCUT2D eigenvalue weighted by Gasteiger charge is 2.34. The topological polar surface area (TPSA) is 87.7 Å². The van der Waals surface area contributed by atoms with Crippen molar-refractivity contribution < 1.29 is 22.3 Å². The Morgan fingerprint density at radius 3 is 2.38 bits per heavy atom.